The van der Waals surface area contributed by atoms with Crippen molar-refractivity contribution in [3.63, 3.8) is 0 Å². The van der Waals surface area contributed by atoms with Crippen LogP contribution < -0.4 is 0 Å². The number of aromatic nitrogens is 3. The zero-order chi connectivity index (χ0) is 9.26. The maximum atomic E-state index is 4.01. The van der Waals surface area contributed by atoms with Gasteiger partial charge in [-0.1, -0.05) is 23.4 Å². The predicted octanol–water partition coefficient (Wildman–Crippen LogP) is 2.34. The van der Waals surface area contributed by atoms with Crippen molar-refractivity contribution in [2.75, 3.05) is 0 Å². The van der Waals surface area contributed by atoms with Gasteiger partial charge in [-0.15, -0.1) is 5.10 Å². The van der Waals surface area contributed by atoms with E-state index in [9.17, 15) is 0 Å². The van der Waals surface area contributed by atoms with Crippen molar-refractivity contribution in [3.05, 3.63) is 40.6 Å². The van der Waals surface area contributed by atoms with Gasteiger partial charge in [-0.3, -0.25) is 0 Å². The van der Waals surface area contributed by atoms with Gasteiger partial charge in [-0.2, -0.15) is 0 Å². The SMILES string of the molecule is Cc1c(Br)nnn1-c1ccccc1. The van der Waals surface area contributed by atoms with E-state index in [4.69, 9.17) is 0 Å². The Hall–Kier alpha value is -1.16. The van der Waals surface area contributed by atoms with Gasteiger partial charge >= 0.3 is 0 Å². The van der Waals surface area contributed by atoms with Gasteiger partial charge in [-0.25, -0.2) is 4.68 Å². The summed E-state index contributed by atoms with van der Waals surface area (Å²) in [5.41, 5.74) is 2.03. The summed E-state index contributed by atoms with van der Waals surface area (Å²) >= 11 is 3.32. The van der Waals surface area contributed by atoms with Crippen LogP contribution >= 0.6 is 15.9 Å². The molecular formula is C9H8BrN3. The highest BCUT2D eigenvalue weighted by Crippen LogP contribution is 2.15. The van der Waals surface area contributed by atoms with Crippen molar-refractivity contribution < 1.29 is 0 Å². The van der Waals surface area contributed by atoms with Crippen molar-refractivity contribution in [2.45, 2.75) is 6.92 Å². The lowest BCUT2D eigenvalue weighted by atomic mass is 10.3. The predicted molar refractivity (Wildman–Crippen MR) is 53.8 cm³/mol. The second-order valence-corrected chi connectivity index (χ2v) is 3.46. The molecule has 0 aliphatic heterocycles. The molecule has 2 rings (SSSR count). The first-order valence-corrected chi connectivity index (χ1v) is 4.71. The first-order valence-electron chi connectivity index (χ1n) is 3.92. The monoisotopic (exact) mass is 237 g/mol. The Kier molecular flexibility index (Phi) is 2.14. The summed E-state index contributed by atoms with van der Waals surface area (Å²) in [6, 6.07) is 9.92. The highest BCUT2D eigenvalue weighted by molar-refractivity contribution is 9.10. The van der Waals surface area contributed by atoms with Gasteiger partial charge in [0.2, 0.25) is 0 Å². The van der Waals surface area contributed by atoms with Crippen LogP contribution in [0.15, 0.2) is 34.9 Å². The maximum Gasteiger partial charge on any atom is 0.151 e. The molecule has 1 aromatic carbocycles. The molecule has 0 fully saturated rings. The lowest BCUT2D eigenvalue weighted by Gasteiger charge is -2.00. The zero-order valence-corrected chi connectivity index (χ0v) is 8.69. The molecule has 66 valence electrons. The molecule has 1 aromatic heterocycles. The molecular weight excluding hydrogens is 230 g/mol. The molecule has 2 aromatic rings. The molecule has 0 atom stereocenters. The summed E-state index contributed by atoms with van der Waals surface area (Å²) in [7, 11) is 0. The Bertz CT molecular complexity index is 408. The summed E-state index contributed by atoms with van der Waals surface area (Å²) in [6.07, 6.45) is 0. The third-order valence-electron chi connectivity index (χ3n) is 1.84. The first kappa shape index (κ1) is 8.44. The Morgan fingerprint density at radius 2 is 1.92 bits per heavy atom. The molecule has 0 aliphatic carbocycles. The van der Waals surface area contributed by atoms with Gasteiger partial charge in [0.15, 0.2) is 4.60 Å². The van der Waals surface area contributed by atoms with Gasteiger partial charge < -0.3 is 0 Å². The highest BCUT2D eigenvalue weighted by Gasteiger charge is 2.05. The van der Waals surface area contributed by atoms with Crippen LogP contribution in [0.2, 0.25) is 0 Å². The molecule has 0 aliphatic rings. The van der Waals surface area contributed by atoms with E-state index >= 15 is 0 Å². The zero-order valence-electron chi connectivity index (χ0n) is 7.11. The smallest absolute Gasteiger partial charge is 0.151 e. The van der Waals surface area contributed by atoms with Crippen molar-refractivity contribution >= 4 is 15.9 Å². The Labute approximate surface area is 84.5 Å². The maximum absolute atomic E-state index is 4.01. The van der Waals surface area contributed by atoms with Crippen LogP contribution in [-0.2, 0) is 0 Å². The molecule has 0 spiro atoms. The second kappa shape index (κ2) is 3.30. The van der Waals surface area contributed by atoms with E-state index in [0.717, 1.165) is 16.0 Å². The Morgan fingerprint density at radius 3 is 2.46 bits per heavy atom. The lowest BCUT2D eigenvalue weighted by molar-refractivity contribution is 0.784. The van der Waals surface area contributed by atoms with E-state index in [1.54, 1.807) is 4.68 Å². The van der Waals surface area contributed by atoms with Gasteiger partial charge in [-0.05, 0) is 35.0 Å². The fourth-order valence-corrected chi connectivity index (χ4v) is 1.36. The summed E-state index contributed by atoms with van der Waals surface area (Å²) < 4.78 is 2.58. The summed E-state index contributed by atoms with van der Waals surface area (Å²) in [5.74, 6) is 0. The molecule has 0 bridgehead atoms. The molecule has 0 amide bonds. The van der Waals surface area contributed by atoms with Crippen LogP contribution in [0.5, 0.6) is 0 Å². The Balaban J connectivity index is 2.53. The van der Waals surface area contributed by atoms with Crippen molar-refractivity contribution in [1.82, 2.24) is 15.0 Å². The lowest BCUT2D eigenvalue weighted by Crippen LogP contribution is -1.98. The molecule has 0 N–H and O–H groups in total. The topological polar surface area (TPSA) is 30.7 Å². The van der Waals surface area contributed by atoms with Crippen molar-refractivity contribution in [1.29, 1.82) is 0 Å². The quantitative estimate of drug-likeness (QED) is 0.763. The molecule has 0 saturated carbocycles. The standard InChI is InChI=1S/C9H8BrN3/c1-7-9(10)11-12-13(7)8-5-3-2-4-6-8/h2-6H,1H3. The van der Waals surface area contributed by atoms with Gasteiger partial charge in [0.1, 0.15) is 0 Å². The highest BCUT2D eigenvalue weighted by atomic mass is 79.9. The number of hydrogen-bond donors (Lipinski definition) is 0. The average molecular weight is 238 g/mol. The molecule has 3 nitrogen and oxygen atoms in total. The van der Waals surface area contributed by atoms with E-state index < -0.39 is 0 Å². The van der Waals surface area contributed by atoms with Crippen LogP contribution in [0.1, 0.15) is 5.69 Å². The number of benzene rings is 1. The number of nitrogens with zero attached hydrogens (tertiary/aromatic N) is 3. The summed E-state index contributed by atoms with van der Waals surface area (Å²) in [6.45, 7) is 1.97. The third kappa shape index (κ3) is 1.49. The molecule has 4 heteroatoms. The first-order chi connectivity index (χ1) is 6.29. The number of hydrogen-bond acceptors (Lipinski definition) is 2. The fourth-order valence-electron chi connectivity index (χ4n) is 1.13. The van der Waals surface area contributed by atoms with Crippen molar-refractivity contribution in [3.8, 4) is 5.69 Å². The van der Waals surface area contributed by atoms with Gasteiger partial charge in [0.25, 0.3) is 0 Å². The molecule has 13 heavy (non-hydrogen) atoms. The van der Waals surface area contributed by atoms with E-state index in [0.29, 0.717) is 0 Å². The third-order valence-corrected chi connectivity index (χ3v) is 2.57. The molecule has 1 heterocycles. The van der Waals surface area contributed by atoms with E-state index in [-0.39, 0.29) is 0 Å². The summed E-state index contributed by atoms with van der Waals surface area (Å²) in [5, 5.41) is 7.93. The van der Waals surface area contributed by atoms with Crippen molar-refractivity contribution in [2.24, 2.45) is 0 Å². The molecule has 0 radical (unpaired) electrons. The number of para-hydroxylation sites is 1. The summed E-state index contributed by atoms with van der Waals surface area (Å²) in [4.78, 5) is 0. The Morgan fingerprint density at radius 1 is 1.23 bits per heavy atom. The average Bonchev–Trinajstić information content (AvgIpc) is 2.49. The van der Waals surface area contributed by atoms with E-state index in [1.165, 1.54) is 0 Å². The molecule has 0 unspecified atom stereocenters. The minimum atomic E-state index is 0.788. The number of rotatable bonds is 1. The molecule has 0 saturated heterocycles. The minimum Gasteiger partial charge on any atom is -0.217 e. The van der Waals surface area contributed by atoms with Crippen LogP contribution in [0, 0.1) is 6.92 Å². The van der Waals surface area contributed by atoms with E-state index in [2.05, 4.69) is 26.2 Å². The number of halogens is 1. The minimum absolute atomic E-state index is 0.788. The largest absolute Gasteiger partial charge is 0.217 e. The van der Waals surface area contributed by atoms with Crippen LogP contribution in [0.3, 0.4) is 0 Å². The van der Waals surface area contributed by atoms with E-state index in [1.807, 2.05) is 37.3 Å². The van der Waals surface area contributed by atoms with Gasteiger partial charge in [0.05, 0.1) is 11.4 Å². The normalized spacial score (nSPS) is 10.3. The van der Waals surface area contributed by atoms with Crippen LogP contribution in [0.4, 0.5) is 0 Å². The van der Waals surface area contributed by atoms with Crippen LogP contribution in [-0.4, -0.2) is 15.0 Å². The second-order valence-electron chi connectivity index (χ2n) is 2.71. The van der Waals surface area contributed by atoms with Crippen LogP contribution in [0.25, 0.3) is 5.69 Å². The fraction of sp³-hybridized carbons (Fsp3) is 0.111. The van der Waals surface area contributed by atoms with Gasteiger partial charge in [0, 0.05) is 0 Å².